The minimum absolute atomic E-state index is 0.661. The third kappa shape index (κ3) is 5.00. The maximum Gasteiger partial charge on any atom is 0.164 e. The van der Waals surface area contributed by atoms with E-state index in [4.69, 9.17) is 15.0 Å². The van der Waals surface area contributed by atoms with Crippen molar-refractivity contribution in [2.24, 2.45) is 0 Å². The third-order valence-electron chi connectivity index (χ3n) is 9.92. The molecule has 3 nitrogen and oxygen atoms in total. The number of aromatic nitrogens is 3. The van der Waals surface area contributed by atoms with Crippen LogP contribution >= 0.6 is 0 Å². The van der Waals surface area contributed by atoms with Crippen LogP contribution in [0.1, 0.15) is 0 Å². The molecular formula is C45H33N3Si. The fourth-order valence-corrected chi connectivity index (χ4v) is 11.0. The molecule has 1 aromatic heterocycles. The predicted molar refractivity (Wildman–Crippen MR) is 207 cm³/mol. The van der Waals surface area contributed by atoms with Crippen molar-refractivity contribution >= 4 is 29.2 Å². The van der Waals surface area contributed by atoms with Crippen LogP contribution in [0.3, 0.4) is 0 Å². The molecule has 0 atom stereocenters. The summed E-state index contributed by atoms with van der Waals surface area (Å²) in [4.78, 5) is 15.5. The average molecular weight is 644 g/mol. The zero-order valence-corrected chi connectivity index (χ0v) is 28.4. The van der Waals surface area contributed by atoms with Crippen molar-refractivity contribution in [3.05, 3.63) is 164 Å². The Labute approximate surface area is 287 Å². The number of benzene rings is 7. The molecule has 4 heteroatoms. The van der Waals surface area contributed by atoms with E-state index < -0.39 is 8.07 Å². The summed E-state index contributed by atoms with van der Waals surface area (Å²) in [6.45, 7) is 4.95. The SMILES string of the molecule is C[Si]1(C)c2cc(-c3nc(-c4ccccc4)nc(-c4ccc(-c5ccccc5)cc4-c4ccccc4)n3)ccc2-c2ccc3ccccc3c21. The van der Waals surface area contributed by atoms with Crippen molar-refractivity contribution in [3.63, 3.8) is 0 Å². The van der Waals surface area contributed by atoms with Gasteiger partial charge in [-0.3, -0.25) is 0 Å². The number of rotatable bonds is 5. The van der Waals surface area contributed by atoms with Crippen molar-refractivity contribution in [3.8, 4) is 67.5 Å². The van der Waals surface area contributed by atoms with Crippen LogP contribution < -0.4 is 10.4 Å². The number of nitrogens with zero attached hydrogens (tertiary/aromatic N) is 3. The fraction of sp³-hybridized carbons (Fsp3) is 0.0444. The van der Waals surface area contributed by atoms with Gasteiger partial charge in [-0.25, -0.2) is 15.0 Å². The predicted octanol–water partition coefficient (Wildman–Crippen LogP) is 10.2. The van der Waals surface area contributed by atoms with Crippen LogP contribution in [-0.4, -0.2) is 23.0 Å². The summed E-state index contributed by atoms with van der Waals surface area (Å²) >= 11 is 0. The lowest BCUT2D eigenvalue weighted by molar-refractivity contribution is 1.07. The number of hydrogen-bond acceptors (Lipinski definition) is 3. The Hall–Kier alpha value is -5.97. The Morgan fingerprint density at radius 2 is 0.918 bits per heavy atom. The topological polar surface area (TPSA) is 38.7 Å². The summed E-state index contributed by atoms with van der Waals surface area (Å²) < 4.78 is 0. The van der Waals surface area contributed by atoms with Crippen molar-refractivity contribution in [2.75, 3.05) is 0 Å². The van der Waals surface area contributed by atoms with E-state index in [-0.39, 0.29) is 0 Å². The maximum atomic E-state index is 5.25. The molecule has 0 aliphatic carbocycles. The molecule has 232 valence electrons. The summed E-state index contributed by atoms with van der Waals surface area (Å²) in [5.74, 6) is 2.01. The lowest BCUT2D eigenvalue weighted by atomic mass is 9.94. The van der Waals surface area contributed by atoms with E-state index in [1.807, 2.05) is 18.2 Å². The first-order valence-corrected chi connectivity index (χ1v) is 19.8. The van der Waals surface area contributed by atoms with Crippen molar-refractivity contribution in [1.29, 1.82) is 0 Å². The first-order valence-electron chi connectivity index (χ1n) is 16.8. The highest BCUT2D eigenvalue weighted by Crippen LogP contribution is 2.37. The molecule has 0 unspecified atom stereocenters. The van der Waals surface area contributed by atoms with Crippen LogP contribution in [0.15, 0.2) is 164 Å². The molecule has 1 aliphatic rings. The molecule has 49 heavy (non-hydrogen) atoms. The van der Waals surface area contributed by atoms with E-state index >= 15 is 0 Å². The summed E-state index contributed by atoms with van der Waals surface area (Å²) in [5.41, 5.74) is 10.2. The van der Waals surface area contributed by atoms with Gasteiger partial charge in [-0.05, 0) is 66.7 Å². The first-order chi connectivity index (χ1) is 24.0. The van der Waals surface area contributed by atoms with Gasteiger partial charge in [-0.2, -0.15) is 0 Å². The molecule has 0 saturated carbocycles. The Morgan fingerprint density at radius 3 is 1.65 bits per heavy atom. The van der Waals surface area contributed by atoms with E-state index in [0.717, 1.165) is 33.4 Å². The molecule has 0 saturated heterocycles. The highest BCUT2D eigenvalue weighted by atomic mass is 28.3. The van der Waals surface area contributed by atoms with Gasteiger partial charge in [-0.15, -0.1) is 0 Å². The summed E-state index contributed by atoms with van der Waals surface area (Å²) in [6.07, 6.45) is 0. The molecule has 0 radical (unpaired) electrons. The lowest BCUT2D eigenvalue weighted by Gasteiger charge is -2.21. The van der Waals surface area contributed by atoms with E-state index in [1.165, 1.54) is 37.8 Å². The zero-order chi connectivity index (χ0) is 33.0. The minimum Gasteiger partial charge on any atom is -0.208 e. The van der Waals surface area contributed by atoms with Gasteiger partial charge in [0.05, 0.1) is 0 Å². The van der Waals surface area contributed by atoms with E-state index in [0.29, 0.717) is 17.5 Å². The molecule has 9 rings (SSSR count). The minimum atomic E-state index is -2.03. The standard InChI is InChI=1S/C45H33N3Si/c1-49(2)41-29-35(24-25-37(41)38-26-22-32-18-12-13-21-36(32)42(38)49)44-46-43(33-19-10-5-11-20-33)47-45(48-44)39-27-23-34(30-14-6-3-7-15-30)28-40(39)31-16-8-4-9-17-31/h3-29H,1-2H3. The molecule has 8 aromatic rings. The highest BCUT2D eigenvalue weighted by Gasteiger charge is 2.39. The largest absolute Gasteiger partial charge is 0.208 e. The van der Waals surface area contributed by atoms with Crippen LogP contribution in [0.2, 0.25) is 13.1 Å². The van der Waals surface area contributed by atoms with Gasteiger partial charge in [0.15, 0.2) is 17.5 Å². The fourth-order valence-electron chi connectivity index (χ4n) is 7.49. The second kappa shape index (κ2) is 11.6. The lowest BCUT2D eigenvalue weighted by Crippen LogP contribution is -2.49. The van der Waals surface area contributed by atoms with Gasteiger partial charge in [0.2, 0.25) is 0 Å². The Bertz CT molecular complexity index is 2510. The van der Waals surface area contributed by atoms with Crippen LogP contribution in [0.4, 0.5) is 0 Å². The van der Waals surface area contributed by atoms with Crippen molar-refractivity contribution < 1.29 is 0 Å². The molecule has 0 bridgehead atoms. The Kier molecular flexibility index (Phi) is 6.92. The number of fused-ring (bicyclic) bond motifs is 5. The Balaban J connectivity index is 1.24. The second-order valence-electron chi connectivity index (χ2n) is 13.3. The van der Waals surface area contributed by atoms with Gasteiger partial charge in [-0.1, -0.05) is 165 Å². The molecule has 7 aromatic carbocycles. The quantitative estimate of drug-likeness (QED) is 0.175. The normalized spacial score (nSPS) is 12.9. The van der Waals surface area contributed by atoms with Gasteiger partial charge in [0.1, 0.15) is 8.07 Å². The smallest absolute Gasteiger partial charge is 0.164 e. The van der Waals surface area contributed by atoms with E-state index in [2.05, 4.69) is 159 Å². The van der Waals surface area contributed by atoms with Crippen LogP contribution in [-0.2, 0) is 0 Å². The Morgan fingerprint density at radius 1 is 0.367 bits per heavy atom. The average Bonchev–Trinajstić information content (AvgIpc) is 3.41. The van der Waals surface area contributed by atoms with Gasteiger partial charge >= 0.3 is 0 Å². The summed E-state index contributed by atoms with van der Waals surface area (Å²) in [6, 6.07) is 58.1. The highest BCUT2D eigenvalue weighted by molar-refractivity contribution is 7.05. The molecular weight excluding hydrogens is 611 g/mol. The summed E-state index contributed by atoms with van der Waals surface area (Å²) in [5, 5.41) is 5.62. The molecule has 2 heterocycles. The summed E-state index contributed by atoms with van der Waals surface area (Å²) in [7, 11) is -2.03. The monoisotopic (exact) mass is 643 g/mol. The zero-order valence-electron chi connectivity index (χ0n) is 27.4. The second-order valence-corrected chi connectivity index (χ2v) is 17.5. The van der Waals surface area contributed by atoms with Crippen molar-refractivity contribution in [1.82, 2.24) is 15.0 Å². The maximum absolute atomic E-state index is 5.25. The van der Waals surface area contributed by atoms with Crippen molar-refractivity contribution in [2.45, 2.75) is 13.1 Å². The third-order valence-corrected chi connectivity index (χ3v) is 13.5. The first kappa shape index (κ1) is 29.2. The van der Waals surface area contributed by atoms with Crippen LogP contribution in [0, 0.1) is 0 Å². The molecule has 0 amide bonds. The van der Waals surface area contributed by atoms with Gasteiger partial charge < -0.3 is 0 Å². The molecule has 1 aliphatic heterocycles. The molecule has 0 N–H and O–H groups in total. The van der Waals surface area contributed by atoms with E-state index in [9.17, 15) is 0 Å². The van der Waals surface area contributed by atoms with Gasteiger partial charge in [0.25, 0.3) is 0 Å². The number of hydrogen-bond donors (Lipinski definition) is 0. The van der Waals surface area contributed by atoms with E-state index in [1.54, 1.807) is 0 Å². The van der Waals surface area contributed by atoms with Gasteiger partial charge in [0, 0.05) is 16.7 Å². The van der Waals surface area contributed by atoms with Crippen LogP contribution in [0.25, 0.3) is 78.3 Å². The molecule has 0 spiro atoms. The molecule has 0 fully saturated rings. The van der Waals surface area contributed by atoms with Crippen LogP contribution in [0.5, 0.6) is 0 Å².